The van der Waals surface area contributed by atoms with Gasteiger partial charge in [0.2, 0.25) is 0 Å². The van der Waals surface area contributed by atoms with Crippen molar-refractivity contribution in [1.29, 1.82) is 0 Å². The lowest BCUT2D eigenvalue weighted by atomic mass is 10.0. The van der Waals surface area contributed by atoms with Crippen LogP contribution in [0.3, 0.4) is 0 Å². The van der Waals surface area contributed by atoms with Gasteiger partial charge in [0.05, 0.1) is 0 Å². The van der Waals surface area contributed by atoms with E-state index in [4.69, 9.17) is 0 Å². The minimum atomic E-state index is 0.926. The fraction of sp³-hybridized carbons (Fsp3) is 0.389. The maximum atomic E-state index is 4.18. The summed E-state index contributed by atoms with van der Waals surface area (Å²) in [6.07, 6.45) is 4.85. The number of aromatic nitrogens is 1. The standard InChI is InChI=1S/C18H25N3/c1-3-19-12-10-17-8-4-5-9-18(17)15-21(2)14-16-7-6-11-20-13-16/h4-9,11,13,19H,3,10,12,14-15H2,1-2H3. The Labute approximate surface area is 128 Å². The van der Waals surface area contributed by atoms with Crippen molar-refractivity contribution in [3.05, 3.63) is 65.5 Å². The number of hydrogen-bond acceptors (Lipinski definition) is 3. The van der Waals surface area contributed by atoms with Gasteiger partial charge in [-0.3, -0.25) is 9.88 Å². The van der Waals surface area contributed by atoms with Crippen molar-refractivity contribution in [3.8, 4) is 0 Å². The van der Waals surface area contributed by atoms with Crippen molar-refractivity contribution in [1.82, 2.24) is 15.2 Å². The molecule has 0 radical (unpaired) electrons. The molecule has 1 heterocycles. The summed E-state index contributed by atoms with van der Waals surface area (Å²) in [5.41, 5.74) is 4.11. The Morgan fingerprint density at radius 2 is 1.86 bits per heavy atom. The Bertz CT molecular complexity index is 525. The molecule has 2 rings (SSSR count). The number of nitrogens with zero attached hydrogens (tertiary/aromatic N) is 2. The zero-order chi connectivity index (χ0) is 14.9. The highest BCUT2D eigenvalue weighted by Gasteiger charge is 2.06. The first-order valence-corrected chi connectivity index (χ1v) is 7.64. The van der Waals surface area contributed by atoms with E-state index in [-0.39, 0.29) is 0 Å². The molecule has 0 saturated carbocycles. The SMILES string of the molecule is CCNCCc1ccccc1CN(C)Cc1cccnc1. The van der Waals surface area contributed by atoms with Crippen molar-refractivity contribution in [2.45, 2.75) is 26.4 Å². The Morgan fingerprint density at radius 1 is 1.05 bits per heavy atom. The Balaban J connectivity index is 1.95. The number of rotatable bonds is 8. The highest BCUT2D eigenvalue weighted by Crippen LogP contribution is 2.13. The molecule has 0 amide bonds. The van der Waals surface area contributed by atoms with Gasteiger partial charge in [-0.2, -0.15) is 0 Å². The molecule has 1 aromatic heterocycles. The van der Waals surface area contributed by atoms with E-state index in [9.17, 15) is 0 Å². The van der Waals surface area contributed by atoms with E-state index < -0.39 is 0 Å². The smallest absolute Gasteiger partial charge is 0.0312 e. The van der Waals surface area contributed by atoms with Gasteiger partial charge in [0, 0.05) is 25.5 Å². The van der Waals surface area contributed by atoms with Crippen LogP contribution < -0.4 is 5.32 Å². The van der Waals surface area contributed by atoms with Crippen molar-refractivity contribution in [2.75, 3.05) is 20.1 Å². The largest absolute Gasteiger partial charge is 0.317 e. The summed E-state index contributed by atoms with van der Waals surface area (Å²) in [6.45, 7) is 6.11. The summed E-state index contributed by atoms with van der Waals surface area (Å²) in [4.78, 5) is 6.51. The lowest BCUT2D eigenvalue weighted by Gasteiger charge is -2.19. The van der Waals surface area contributed by atoms with Crippen LogP contribution in [0, 0.1) is 0 Å². The number of hydrogen-bond donors (Lipinski definition) is 1. The molecule has 0 saturated heterocycles. The lowest BCUT2D eigenvalue weighted by Crippen LogP contribution is -2.20. The van der Waals surface area contributed by atoms with Crippen LogP contribution in [0.5, 0.6) is 0 Å². The maximum absolute atomic E-state index is 4.18. The average Bonchev–Trinajstić information content (AvgIpc) is 2.50. The molecule has 0 aliphatic carbocycles. The third-order valence-corrected chi connectivity index (χ3v) is 3.56. The second kappa shape index (κ2) is 8.55. The molecule has 2 aromatic rings. The fourth-order valence-corrected chi connectivity index (χ4v) is 2.51. The summed E-state index contributed by atoms with van der Waals surface area (Å²) in [7, 11) is 2.16. The van der Waals surface area contributed by atoms with Crippen LogP contribution in [0.25, 0.3) is 0 Å². The van der Waals surface area contributed by atoms with Gasteiger partial charge in [0.15, 0.2) is 0 Å². The van der Waals surface area contributed by atoms with E-state index in [1.165, 1.54) is 16.7 Å². The topological polar surface area (TPSA) is 28.2 Å². The first-order chi connectivity index (χ1) is 10.3. The summed E-state index contributed by atoms with van der Waals surface area (Å²) < 4.78 is 0. The zero-order valence-electron chi connectivity index (χ0n) is 13.0. The molecule has 0 aliphatic heterocycles. The van der Waals surface area contributed by atoms with Crippen molar-refractivity contribution >= 4 is 0 Å². The Kier molecular flexibility index (Phi) is 6.38. The molecule has 21 heavy (non-hydrogen) atoms. The summed E-state index contributed by atoms with van der Waals surface area (Å²) >= 11 is 0. The zero-order valence-corrected chi connectivity index (χ0v) is 13.0. The molecule has 3 nitrogen and oxygen atoms in total. The average molecular weight is 283 g/mol. The third-order valence-electron chi connectivity index (χ3n) is 3.56. The van der Waals surface area contributed by atoms with Crippen LogP contribution >= 0.6 is 0 Å². The summed E-state index contributed by atoms with van der Waals surface area (Å²) in [5.74, 6) is 0. The molecule has 0 atom stereocenters. The van der Waals surface area contributed by atoms with Gasteiger partial charge in [-0.25, -0.2) is 0 Å². The Morgan fingerprint density at radius 3 is 2.57 bits per heavy atom. The Hall–Kier alpha value is -1.71. The third kappa shape index (κ3) is 5.29. The first kappa shape index (κ1) is 15.7. The van der Waals surface area contributed by atoms with Crippen LogP contribution in [0.15, 0.2) is 48.8 Å². The van der Waals surface area contributed by atoms with E-state index in [0.29, 0.717) is 0 Å². The van der Waals surface area contributed by atoms with Gasteiger partial charge in [0.25, 0.3) is 0 Å². The maximum Gasteiger partial charge on any atom is 0.0312 e. The van der Waals surface area contributed by atoms with Gasteiger partial charge < -0.3 is 5.32 Å². The molecule has 0 unspecified atom stereocenters. The highest BCUT2D eigenvalue weighted by molar-refractivity contribution is 5.27. The van der Waals surface area contributed by atoms with Gasteiger partial charge in [-0.1, -0.05) is 37.3 Å². The number of benzene rings is 1. The monoisotopic (exact) mass is 283 g/mol. The molecule has 3 heteroatoms. The van der Waals surface area contributed by atoms with Crippen molar-refractivity contribution in [3.63, 3.8) is 0 Å². The number of pyridine rings is 1. The van der Waals surface area contributed by atoms with Crippen molar-refractivity contribution < 1.29 is 0 Å². The number of likely N-dealkylation sites (N-methyl/N-ethyl adjacent to an activating group) is 1. The molecular weight excluding hydrogens is 258 g/mol. The number of nitrogens with one attached hydrogen (secondary N) is 1. The van der Waals surface area contributed by atoms with Crippen LogP contribution in [-0.2, 0) is 19.5 Å². The van der Waals surface area contributed by atoms with Gasteiger partial charge in [0.1, 0.15) is 0 Å². The molecule has 112 valence electrons. The quantitative estimate of drug-likeness (QED) is 0.755. The van der Waals surface area contributed by atoms with E-state index in [1.54, 1.807) is 0 Å². The molecule has 0 aliphatic rings. The van der Waals surface area contributed by atoms with Gasteiger partial charge in [-0.05, 0) is 49.3 Å². The van der Waals surface area contributed by atoms with Crippen LogP contribution in [0.2, 0.25) is 0 Å². The van der Waals surface area contributed by atoms with Crippen molar-refractivity contribution in [2.24, 2.45) is 0 Å². The molecule has 0 fully saturated rings. The highest BCUT2D eigenvalue weighted by atomic mass is 15.1. The first-order valence-electron chi connectivity index (χ1n) is 7.64. The predicted octanol–water partition coefficient (Wildman–Crippen LogP) is 2.87. The molecule has 0 bridgehead atoms. The predicted molar refractivity (Wildman–Crippen MR) is 88.1 cm³/mol. The van der Waals surface area contributed by atoms with Crippen LogP contribution in [-0.4, -0.2) is 30.0 Å². The molecule has 1 N–H and O–H groups in total. The second-order valence-corrected chi connectivity index (χ2v) is 5.41. The van der Waals surface area contributed by atoms with Crippen LogP contribution in [0.1, 0.15) is 23.6 Å². The van der Waals surface area contributed by atoms with E-state index in [2.05, 4.69) is 59.5 Å². The summed E-state index contributed by atoms with van der Waals surface area (Å²) in [6, 6.07) is 12.9. The minimum absolute atomic E-state index is 0.926. The molecular formula is C18H25N3. The minimum Gasteiger partial charge on any atom is -0.317 e. The van der Waals surface area contributed by atoms with E-state index in [1.807, 2.05) is 18.5 Å². The van der Waals surface area contributed by atoms with Crippen LogP contribution in [0.4, 0.5) is 0 Å². The fourth-order valence-electron chi connectivity index (χ4n) is 2.51. The van der Waals surface area contributed by atoms with Gasteiger partial charge in [-0.15, -0.1) is 0 Å². The van der Waals surface area contributed by atoms with Gasteiger partial charge >= 0.3 is 0 Å². The summed E-state index contributed by atoms with van der Waals surface area (Å²) in [5, 5.41) is 3.40. The van der Waals surface area contributed by atoms with E-state index >= 15 is 0 Å². The normalized spacial score (nSPS) is 11.0. The molecule has 0 spiro atoms. The molecule has 1 aromatic carbocycles. The lowest BCUT2D eigenvalue weighted by molar-refractivity contribution is 0.317. The van der Waals surface area contributed by atoms with E-state index in [0.717, 1.165) is 32.6 Å². The second-order valence-electron chi connectivity index (χ2n) is 5.41.